The normalized spacial score (nSPS) is 9.80. The van der Waals surface area contributed by atoms with Crippen molar-refractivity contribution in [3.8, 4) is 0 Å². The monoisotopic (exact) mass is 140 g/mol. The number of hydrogen-bond acceptors (Lipinski definition) is 3. The SMILES string of the molecule is Cc1ccc(NCCN)o1. The Bertz CT molecular complexity index is 195. The van der Waals surface area contributed by atoms with E-state index in [0.717, 1.165) is 18.2 Å². The molecule has 0 aliphatic carbocycles. The number of nitrogens with one attached hydrogen (secondary N) is 1. The zero-order chi connectivity index (χ0) is 7.40. The van der Waals surface area contributed by atoms with Crippen LogP contribution < -0.4 is 11.1 Å². The molecular formula is C7H12N2O. The lowest BCUT2D eigenvalue weighted by Gasteiger charge is -1.97. The molecule has 0 amide bonds. The fourth-order valence-electron chi connectivity index (χ4n) is 0.725. The summed E-state index contributed by atoms with van der Waals surface area (Å²) in [7, 11) is 0. The minimum Gasteiger partial charge on any atom is -0.446 e. The molecule has 3 heteroatoms. The summed E-state index contributed by atoms with van der Waals surface area (Å²) in [5, 5.41) is 3.02. The highest BCUT2D eigenvalue weighted by molar-refractivity contribution is 5.31. The van der Waals surface area contributed by atoms with Crippen molar-refractivity contribution in [1.82, 2.24) is 0 Å². The van der Waals surface area contributed by atoms with E-state index in [1.807, 2.05) is 19.1 Å². The number of furan rings is 1. The molecule has 0 atom stereocenters. The van der Waals surface area contributed by atoms with E-state index >= 15 is 0 Å². The van der Waals surface area contributed by atoms with Crippen LogP contribution in [-0.4, -0.2) is 13.1 Å². The molecule has 0 radical (unpaired) electrons. The molecule has 0 saturated heterocycles. The van der Waals surface area contributed by atoms with Gasteiger partial charge in [-0.2, -0.15) is 0 Å². The van der Waals surface area contributed by atoms with E-state index in [1.54, 1.807) is 0 Å². The summed E-state index contributed by atoms with van der Waals surface area (Å²) < 4.78 is 5.22. The Balaban J connectivity index is 2.42. The van der Waals surface area contributed by atoms with Gasteiger partial charge < -0.3 is 15.5 Å². The maximum Gasteiger partial charge on any atom is 0.193 e. The molecule has 0 spiro atoms. The van der Waals surface area contributed by atoms with Crippen LogP contribution in [0.1, 0.15) is 5.76 Å². The van der Waals surface area contributed by atoms with Crippen LogP contribution in [-0.2, 0) is 0 Å². The van der Waals surface area contributed by atoms with Crippen LogP contribution in [0.3, 0.4) is 0 Å². The summed E-state index contributed by atoms with van der Waals surface area (Å²) in [6.45, 7) is 3.29. The second-order valence-corrected chi connectivity index (χ2v) is 2.13. The lowest BCUT2D eigenvalue weighted by molar-refractivity contribution is 0.546. The first-order chi connectivity index (χ1) is 4.83. The molecule has 1 aromatic rings. The van der Waals surface area contributed by atoms with Gasteiger partial charge in [0, 0.05) is 19.2 Å². The smallest absolute Gasteiger partial charge is 0.193 e. The van der Waals surface area contributed by atoms with Crippen molar-refractivity contribution in [2.75, 3.05) is 18.4 Å². The maximum absolute atomic E-state index is 5.28. The summed E-state index contributed by atoms with van der Waals surface area (Å²) in [5.74, 6) is 1.71. The highest BCUT2D eigenvalue weighted by atomic mass is 16.4. The number of hydrogen-bond donors (Lipinski definition) is 2. The molecule has 0 fully saturated rings. The largest absolute Gasteiger partial charge is 0.446 e. The van der Waals surface area contributed by atoms with Gasteiger partial charge in [-0.25, -0.2) is 0 Å². The van der Waals surface area contributed by atoms with Crippen LogP contribution in [0.4, 0.5) is 5.88 Å². The molecule has 0 saturated carbocycles. The molecule has 0 aliphatic rings. The van der Waals surface area contributed by atoms with Crippen LogP contribution in [0.25, 0.3) is 0 Å². The number of rotatable bonds is 3. The van der Waals surface area contributed by atoms with Crippen LogP contribution in [0.2, 0.25) is 0 Å². The van der Waals surface area contributed by atoms with Gasteiger partial charge in [-0.05, 0) is 13.0 Å². The fourth-order valence-corrected chi connectivity index (χ4v) is 0.725. The molecule has 1 rings (SSSR count). The summed E-state index contributed by atoms with van der Waals surface area (Å²) in [5.41, 5.74) is 5.28. The molecule has 0 aliphatic heterocycles. The molecule has 10 heavy (non-hydrogen) atoms. The molecular weight excluding hydrogens is 128 g/mol. The van der Waals surface area contributed by atoms with Crippen LogP contribution in [0, 0.1) is 6.92 Å². The predicted octanol–water partition coefficient (Wildman–Crippen LogP) is 0.959. The predicted molar refractivity (Wildman–Crippen MR) is 41.0 cm³/mol. The van der Waals surface area contributed by atoms with Crippen molar-refractivity contribution in [3.05, 3.63) is 17.9 Å². The van der Waals surface area contributed by atoms with Gasteiger partial charge in [-0.1, -0.05) is 0 Å². The third-order valence-corrected chi connectivity index (χ3v) is 1.18. The Morgan fingerprint density at radius 1 is 1.60 bits per heavy atom. The molecule has 0 bridgehead atoms. The molecule has 1 aromatic heterocycles. The van der Waals surface area contributed by atoms with Gasteiger partial charge in [0.1, 0.15) is 5.76 Å². The van der Waals surface area contributed by atoms with Crippen LogP contribution in [0.15, 0.2) is 16.5 Å². The molecule has 1 heterocycles. The third-order valence-electron chi connectivity index (χ3n) is 1.18. The molecule has 0 unspecified atom stereocenters. The van der Waals surface area contributed by atoms with Crippen molar-refractivity contribution in [2.45, 2.75) is 6.92 Å². The van der Waals surface area contributed by atoms with Crippen molar-refractivity contribution >= 4 is 5.88 Å². The highest BCUT2D eigenvalue weighted by Gasteiger charge is 1.93. The zero-order valence-corrected chi connectivity index (χ0v) is 6.05. The van der Waals surface area contributed by atoms with E-state index in [9.17, 15) is 0 Å². The van der Waals surface area contributed by atoms with Crippen LogP contribution >= 0.6 is 0 Å². The summed E-state index contributed by atoms with van der Waals surface area (Å²) in [6.07, 6.45) is 0. The topological polar surface area (TPSA) is 51.2 Å². The van der Waals surface area contributed by atoms with Crippen molar-refractivity contribution in [3.63, 3.8) is 0 Å². The van der Waals surface area contributed by atoms with Gasteiger partial charge in [0.15, 0.2) is 5.88 Å². The van der Waals surface area contributed by atoms with E-state index in [1.165, 1.54) is 0 Å². The van der Waals surface area contributed by atoms with E-state index in [-0.39, 0.29) is 0 Å². The third kappa shape index (κ3) is 1.77. The summed E-state index contributed by atoms with van der Waals surface area (Å²) in [6, 6.07) is 3.81. The quantitative estimate of drug-likeness (QED) is 0.657. The second-order valence-electron chi connectivity index (χ2n) is 2.13. The first kappa shape index (κ1) is 7.15. The van der Waals surface area contributed by atoms with Gasteiger partial charge >= 0.3 is 0 Å². The molecule has 3 nitrogen and oxygen atoms in total. The van der Waals surface area contributed by atoms with Gasteiger partial charge in [0.25, 0.3) is 0 Å². The van der Waals surface area contributed by atoms with E-state index in [4.69, 9.17) is 10.2 Å². The second kappa shape index (κ2) is 3.27. The lowest BCUT2D eigenvalue weighted by Crippen LogP contribution is -2.12. The van der Waals surface area contributed by atoms with Crippen molar-refractivity contribution in [2.24, 2.45) is 5.73 Å². The first-order valence-electron chi connectivity index (χ1n) is 3.33. The lowest BCUT2D eigenvalue weighted by atomic mass is 10.5. The maximum atomic E-state index is 5.28. The average molecular weight is 140 g/mol. The number of anilines is 1. The average Bonchev–Trinajstić information content (AvgIpc) is 2.31. The van der Waals surface area contributed by atoms with Gasteiger partial charge in [-0.15, -0.1) is 0 Å². The summed E-state index contributed by atoms with van der Waals surface area (Å²) in [4.78, 5) is 0. The highest BCUT2D eigenvalue weighted by Crippen LogP contribution is 2.10. The fraction of sp³-hybridized carbons (Fsp3) is 0.429. The van der Waals surface area contributed by atoms with Gasteiger partial charge in [0.05, 0.1) is 0 Å². The first-order valence-corrected chi connectivity index (χ1v) is 3.33. The summed E-state index contributed by atoms with van der Waals surface area (Å²) >= 11 is 0. The Kier molecular flexibility index (Phi) is 2.34. The zero-order valence-electron chi connectivity index (χ0n) is 6.05. The van der Waals surface area contributed by atoms with E-state index in [0.29, 0.717) is 6.54 Å². The van der Waals surface area contributed by atoms with Crippen LogP contribution in [0.5, 0.6) is 0 Å². The molecule has 0 aromatic carbocycles. The molecule has 3 N–H and O–H groups in total. The number of nitrogens with two attached hydrogens (primary N) is 1. The molecule has 56 valence electrons. The Morgan fingerprint density at radius 2 is 2.40 bits per heavy atom. The minimum atomic E-state index is 0.625. The number of aryl methyl sites for hydroxylation is 1. The van der Waals surface area contributed by atoms with Crippen molar-refractivity contribution < 1.29 is 4.42 Å². The Labute approximate surface area is 60.2 Å². The van der Waals surface area contributed by atoms with Gasteiger partial charge in [0.2, 0.25) is 0 Å². The Morgan fingerprint density at radius 3 is 2.90 bits per heavy atom. The van der Waals surface area contributed by atoms with Gasteiger partial charge in [-0.3, -0.25) is 0 Å². The minimum absolute atomic E-state index is 0.625. The van der Waals surface area contributed by atoms with Crippen molar-refractivity contribution in [1.29, 1.82) is 0 Å². The Hall–Kier alpha value is -0.960. The van der Waals surface area contributed by atoms with E-state index in [2.05, 4.69) is 5.32 Å². The standard InChI is InChI=1S/C7H12N2O/c1-6-2-3-7(10-6)9-5-4-8/h2-3,9H,4-5,8H2,1H3. The van der Waals surface area contributed by atoms with E-state index < -0.39 is 0 Å².